The summed E-state index contributed by atoms with van der Waals surface area (Å²) in [5.74, 6) is -1.03. The molecular weight excluding hydrogens is 324 g/mol. The van der Waals surface area contributed by atoms with Crippen molar-refractivity contribution in [1.82, 2.24) is 9.80 Å². The van der Waals surface area contributed by atoms with Gasteiger partial charge < -0.3 is 19.5 Å². The summed E-state index contributed by atoms with van der Waals surface area (Å²) >= 11 is 0. The predicted molar refractivity (Wildman–Crippen MR) is 90.4 cm³/mol. The number of carbonyl (C=O) groups excluding carboxylic acids is 1. The Morgan fingerprint density at radius 3 is 2.52 bits per heavy atom. The monoisotopic (exact) mass is 348 g/mol. The lowest BCUT2D eigenvalue weighted by atomic mass is 9.93. The van der Waals surface area contributed by atoms with E-state index in [-0.39, 0.29) is 12.3 Å². The van der Waals surface area contributed by atoms with Crippen LogP contribution in [0, 0.1) is 5.92 Å². The number of aliphatic carboxylic acids is 1. The molecule has 1 amide bonds. The molecule has 7 heteroatoms. The number of likely N-dealkylation sites (tertiary alicyclic amines) is 1. The fraction of sp³-hybridized carbons (Fsp3) is 0.556. The smallest absolute Gasteiger partial charge is 0.309 e. The summed E-state index contributed by atoms with van der Waals surface area (Å²) in [6.45, 7) is 4.35. The van der Waals surface area contributed by atoms with Gasteiger partial charge in [0.2, 0.25) is 5.91 Å². The summed E-state index contributed by atoms with van der Waals surface area (Å²) in [5, 5.41) is 9.57. The van der Waals surface area contributed by atoms with E-state index in [2.05, 4.69) is 4.90 Å². The van der Waals surface area contributed by atoms with E-state index in [1.807, 2.05) is 12.1 Å². The summed E-state index contributed by atoms with van der Waals surface area (Å²) in [7, 11) is 1.59. The number of morpholine rings is 1. The van der Waals surface area contributed by atoms with Crippen molar-refractivity contribution in [3.8, 4) is 5.75 Å². The average Bonchev–Trinajstić information content (AvgIpc) is 2.97. The van der Waals surface area contributed by atoms with Crippen LogP contribution in [0.2, 0.25) is 0 Å². The van der Waals surface area contributed by atoms with Crippen LogP contribution in [0.5, 0.6) is 5.75 Å². The number of methoxy groups -OCH3 is 1. The molecule has 25 heavy (non-hydrogen) atoms. The Labute approximate surface area is 147 Å². The van der Waals surface area contributed by atoms with Gasteiger partial charge in [0.05, 0.1) is 32.3 Å². The maximum atomic E-state index is 12.5. The van der Waals surface area contributed by atoms with E-state index in [4.69, 9.17) is 9.47 Å². The highest BCUT2D eigenvalue weighted by molar-refractivity contribution is 5.87. The number of carboxylic acid groups (broad SMARTS) is 1. The lowest BCUT2D eigenvalue weighted by Gasteiger charge is -2.32. The normalized spacial score (nSPS) is 24.5. The molecule has 2 heterocycles. The van der Waals surface area contributed by atoms with Crippen LogP contribution in [0.15, 0.2) is 24.3 Å². The first-order chi connectivity index (χ1) is 12.1. The van der Waals surface area contributed by atoms with Crippen LogP contribution in [0.4, 0.5) is 0 Å². The summed E-state index contributed by atoms with van der Waals surface area (Å²) < 4.78 is 10.5. The molecule has 136 valence electrons. The van der Waals surface area contributed by atoms with E-state index < -0.39 is 17.9 Å². The number of carboxylic acids is 1. The molecule has 1 aromatic carbocycles. The molecule has 7 nitrogen and oxygen atoms in total. The number of ether oxygens (including phenoxy) is 2. The topological polar surface area (TPSA) is 79.3 Å². The second kappa shape index (κ2) is 7.84. The van der Waals surface area contributed by atoms with E-state index >= 15 is 0 Å². The lowest BCUT2D eigenvalue weighted by molar-refractivity contribution is -0.142. The van der Waals surface area contributed by atoms with E-state index in [1.54, 1.807) is 24.1 Å². The van der Waals surface area contributed by atoms with Crippen LogP contribution >= 0.6 is 0 Å². The first-order valence-electron chi connectivity index (χ1n) is 8.56. The SMILES string of the molecule is COc1ccc(C2C(C(=O)O)CC(=O)N2CCN2CCOCC2)cc1. The Bertz CT molecular complexity index is 612. The van der Waals surface area contributed by atoms with Crippen molar-refractivity contribution in [2.24, 2.45) is 5.92 Å². The quantitative estimate of drug-likeness (QED) is 0.826. The zero-order valence-electron chi connectivity index (χ0n) is 14.4. The molecule has 0 saturated carbocycles. The van der Waals surface area contributed by atoms with Gasteiger partial charge in [-0.1, -0.05) is 12.1 Å². The van der Waals surface area contributed by atoms with Gasteiger partial charge in [0.15, 0.2) is 0 Å². The van der Waals surface area contributed by atoms with Gasteiger partial charge in [-0.2, -0.15) is 0 Å². The first-order valence-corrected chi connectivity index (χ1v) is 8.56. The van der Waals surface area contributed by atoms with E-state index in [1.165, 1.54) is 0 Å². The minimum Gasteiger partial charge on any atom is -0.497 e. The fourth-order valence-electron chi connectivity index (χ4n) is 3.56. The molecule has 2 atom stereocenters. The number of nitrogens with zero attached hydrogens (tertiary/aromatic N) is 2. The van der Waals surface area contributed by atoms with Gasteiger partial charge in [0.1, 0.15) is 5.75 Å². The van der Waals surface area contributed by atoms with Crippen LogP contribution in [-0.2, 0) is 14.3 Å². The van der Waals surface area contributed by atoms with Crippen LogP contribution in [0.3, 0.4) is 0 Å². The molecule has 0 aromatic heterocycles. The van der Waals surface area contributed by atoms with Gasteiger partial charge >= 0.3 is 5.97 Å². The van der Waals surface area contributed by atoms with Crippen LogP contribution in [-0.4, -0.2) is 73.3 Å². The van der Waals surface area contributed by atoms with Crippen molar-refractivity contribution < 1.29 is 24.2 Å². The van der Waals surface area contributed by atoms with Crippen molar-refractivity contribution in [2.45, 2.75) is 12.5 Å². The Balaban J connectivity index is 1.77. The molecule has 0 bridgehead atoms. The maximum absolute atomic E-state index is 12.5. The third-order valence-corrected chi connectivity index (χ3v) is 4.97. The second-order valence-corrected chi connectivity index (χ2v) is 6.41. The van der Waals surface area contributed by atoms with E-state index in [9.17, 15) is 14.7 Å². The molecule has 2 aliphatic rings. The summed E-state index contributed by atoms with van der Waals surface area (Å²) in [4.78, 5) is 28.1. The van der Waals surface area contributed by atoms with Crippen molar-refractivity contribution in [3.63, 3.8) is 0 Å². The summed E-state index contributed by atoms with van der Waals surface area (Å²) in [6, 6.07) is 6.87. The molecule has 0 spiro atoms. The maximum Gasteiger partial charge on any atom is 0.309 e. The van der Waals surface area contributed by atoms with Gasteiger partial charge in [-0.05, 0) is 17.7 Å². The van der Waals surface area contributed by atoms with E-state index in [0.29, 0.717) is 25.5 Å². The number of rotatable bonds is 6. The molecule has 1 aromatic rings. The van der Waals surface area contributed by atoms with Gasteiger partial charge in [-0.25, -0.2) is 0 Å². The Hall–Kier alpha value is -2.12. The highest BCUT2D eigenvalue weighted by Gasteiger charge is 2.44. The Kier molecular flexibility index (Phi) is 5.55. The molecule has 0 aliphatic carbocycles. The third kappa shape index (κ3) is 3.93. The minimum atomic E-state index is -0.928. The van der Waals surface area contributed by atoms with Crippen LogP contribution in [0.1, 0.15) is 18.0 Å². The van der Waals surface area contributed by atoms with Crippen LogP contribution in [0.25, 0.3) is 0 Å². The number of hydrogen-bond donors (Lipinski definition) is 1. The van der Waals surface area contributed by atoms with Gasteiger partial charge in [0, 0.05) is 32.6 Å². The summed E-state index contributed by atoms with van der Waals surface area (Å²) in [6.07, 6.45) is 0.0507. The highest BCUT2D eigenvalue weighted by Crippen LogP contribution is 2.38. The second-order valence-electron chi connectivity index (χ2n) is 6.41. The van der Waals surface area contributed by atoms with Gasteiger partial charge in [-0.3, -0.25) is 14.5 Å². The van der Waals surface area contributed by atoms with Gasteiger partial charge in [-0.15, -0.1) is 0 Å². The zero-order valence-corrected chi connectivity index (χ0v) is 14.4. The standard InChI is InChI=1S/C18H24N2O5/c1-24-14-4-2-13(3-5-14)17-15(18(22)23)12-16(21)20(17)7-6-19-8-10-25-11-9-19/h2-5,15,17H,6-12H2,1H3,(H,22,23). The highest BCUT2D eigenvalue weighted by atomic mass is 16.5. The largest absolute Gasteiger partial charge is 0.497 e. The number of carbonyl (C=O) groups is 2. The molecule has 2 saturated heterocycles. The van der Waals surface area contributed by atoms with Crippen LogP contribution < -0.4 is 4.74 Å². The molecule has 2 aliphatic heterocycles. The number of benzene rings is 1. The minimum absolute atomic E-state index is 0.0507. The zero-order chi connectivity index (χ0) is 17.8. The predicted octanol–water partition coefficient (Wildman–Crippen LogP) is 1.00. The first kappa shape index (κ1) is 17.7. The summed E-state index contributed by atoms with van der Waals surface area (Å²) in [5.41, 5.74) is 0.834. The molecule has 3 rings (SSSR count). The molecule has 0 radical (unpaired) electrons. The third-order valence-electron chi connectivity index (χ3n) is 4.97. The molecule has 1 N–H and O–H groups in total. The molecular formula is C18H24N2O5. The fourth-order valence-corrected chi connectivity index (χ4v) is 3.56. The number of amides is 1. The lowest BCUT2D eigenvalue weighted by Crippen LogP contribution is -2.42. The molecule has 2 unspecified atom stereocenters. The van der Waals surface area contributed by atoms with Gasteiger partial charge in [0.25, 0.3) is 0 Å². The van der Waals surface area contributed by atoms with Crippen molar-refractivity contribution in [3.05, 3.63) is 29.8 Å². The average molecular weight is 348 g/mol. The van der Waals surface area contributed by atoms with Crippen molar-refractivity contribution >= 4 is 11.9 Å². The molecule has 2 fully saturated rings. The Morgan fingerprint density at radius 2 is 1.92 bits per heavy atom. The Morgan fingerprint density at radius 1 is 1.24 bits per heavy atom. The van der Waals surface area contributed by atoms with Crippen molar-refractivity contribution in [2.75, 3.05) is 46.5 Å². The van der Waals surface area contributed by atoms with E-state index in [0.717, 1.165) is 25.2 Å². The van der Waals surface area contributed by atoms with Crippen molar-refractivity contribution in [1.29, 1.82) is 0 Å². The number of hydrogen-bond acceptors (Lipinski definition) is 5.